The molecule has 0 aromatic rings. The van der Waals surface area contributed by atoms with Crippen molar-refractivity contribution in [3.05, 3.63) is 0 Å². The van der Waals surface area contributed by atoms with Gasteiger partial charge in [-0.2, -0.15) is 0 Å². The van der Waals surface area contributed by atoms with Gasteiger partial charge in [-0.15, -0.1) is 12.4 Å². The lowest BCUT2D eigenvalue weighted by Gasteiger charge is -2.16. The van der Waals surface area contributed by atoms with Gasteiger partial charge in [0.25, 0.3) is 0 Å². The highest BCUT2D eigenvalue weighted by atomic mass is 35.5. The molecule has 2 aliphatic rings. The van der Waals surface area contributed by atoms with Crippen molar-refractivity contribution >= 4 is 29.8 Å². The van der Waals surface area contributed by atoms with Gasteiger partial charge in [-0.05, 0) is 37.9 Å². The SMILES string of the molecule is Cl.N[C@H]1CCCOC1.S=C=N[C@H]1CCCOC1. The van der Waals surface area contributed by atoms with Gasteiger partial charge >= 0.3 is 0 Å². The van der Waals surface area contributed by atoms with Gasteiger partial charge in [0.2, 0.25) is 0 Å². The van der Waals surface area contributed by atoms with Gasteiger partial charge in [-0.3, -0.25) is 0 Å². The Labute approximate surface area is 114 Å². The largest absolute Gasteiger partial charge is 0.380 e. The standard InChI is InChI=1S/C6H9NOS.C5H11NO.ClH/c9-5-7-6-2-1-3-8-4-6;6-5-2-1-3-7-4-5;/h6H,1-4H2;5H,1-4,6H2;1H/t6-;5-;/m00./s1. The van der Waals surface area contributed by atoms with E-state index < -0.39 is 0 Å². The van der Waals surface area contributed by atoms with Gasteiger partial charge < -0.3 is 15.2 Å². The minimum Gasteiger partial charge on any atom is -0.380 e. The minimum atomic E-state index is 0. The fourth-order valence-electron chi connectivity index (χ4n) is 1.67. The minimum absolute atomic E-state index is 0. The van der Waals surface area contributed by atoms with E-state index in [-0.39, 0.29) is 18.4 Å². The molecule has 2 heterocycles. The Morgan fingerprint density at radius 2 is 1.76 bits per heavy atom. The predicted molar refractivity (Wildman–Crippen MR) is 74.1 cm³/mol. The fraction of sp³-hybridized carbons (Fsp3) is 0.909. The Morgan fingerprint density at radius 3 is 2.12 bits per heavy atom. The van der Waals surface area contributed by atoms with E-state index in [1.807, 2.05) is 0 Å². The Morgan fingerprint density at radius 1 is 1.12 bits per heavy atom. The normalized spacial score (nSPS) is 27.8. The first kappa shape index (κ1) is 17.0. The third kappa shape index (κ3) is 8.66. The summed E-state index contributed by atoms with van der Waals surface area (Å²) in [6, 6.07) is 0.602. The number of nitrogens with two attached hydrogens (primary N) is 1. The van der Waals surface area contributed by atoms with E-state index in [0.717, 1.165) is 52.1 Å². The van der Waals surface area contributed by atoms with Crippen molar-refractivity contribution in [3.63, 3.8) is 0 Å². The molecule has 2 fully saturated rings. The zero-order chi connectivity index (χ0) is 11.6. The Balaban J connectivity index is 0.000000292. The first-order valence-corrected chi connectivity index (χ1v) is 6.22. The zero-order valence-electron chi connectivity index (χ0n) is 9.97. The Kier molecular flexibility index (Phi) is 11.1. The maximum absolute atomic E-state index is 5.51. The Bertz CT molecular complexity index is 226. The number of ether oxygens (including phenoxy) is 2. The predicted octanol–water partition coefficient (Wildman–Crippen LogP) is 1.81. The van der Waals surface area contributed by atoms with Crippen LogP contribution in [0, 0.1) is 0 Å². The molecule has 0 saturated carbocycles. The summed E-state index contributed by atoms with van der Waals surface area (Å²) in [5.74, 6) is 0. The van der Waals surface area contributed by atoms with E-state index >= 15 is 0 Å². The number of hydrogen-bond acceptors (Lipinski definition) is 5. The van der Waals surface area contributed by atoms with Crippen molar-refractivity contribution in [2.75, 3.05) is 26.4 Å². The highest BCUT2D eigenvalue weighted by molar-refractivity contribution is 7.78. The summed E-state index contributed by atoms with van der Waals surface area (Å²) >= 11 is 4.46. The molecular weight excluding hydrogens is 260 g/mol. The second-order valence-corrected chi connectivity index (χ2v) is 4.25. The topological polar surface area (TPSA) is 56.8 Å². The van der Waals surface area contributed by atoms with Crippen LogP contribution in [0.4, 0.5) is 0 Å². The van der Waals surface area contributed by atoms with Crippen LogP contribution in [0.15, 0.2) is 4.99 Å². The van der Waals surface area contributed by atoms with Crippen LogP contribution in [-0.4, -0.2) is 43.7 Å². The second kappa shape index (κ2) is 11.1. The highest BCUT2D eigenvalue weighted by Gasteiger charge is 2.10. The van der Waals surface area contributed by atoms with Crippen LogP contribution in [0.5, 0.6) is 0 Å². The van der Waals surface area contributed by atoms with E-state index in [1.54, 1.807) is 0 Å². The summed E-state index contributed by atoms with van der Waals surface area (Å²) in [6.07, 6.45) is 4.48. The van der Waals surface area contributed by atoms with Gasteiger partial charge in [-0.1, -0.05) is 0 Å². The van der Waals surface area contributed by atoms with Crippen molar-refractivity contribution in [1.29, 1.82) is 0 Å². The van der Waals surface area contributed by atoms with Crippen LogP contribution in [0.1, 0.15) is 25.7 Å². The first-order chi connectivity index (χ1) is 7.83. The molecule has 0 spiro atoms. The summed E-state index contributed by atoms with van der Waals surface area (Å²) < 4.78 is 10.2. The molecule has 0 amide bonds. The number of thiocarbonyl (C=S) groups is 1. The third-order valence-electron chi connectivity index (χ3n) is 2.57. The molecule has 100 valence electrons. The van der Waals surface area contributed by atoms with Crippen LogP contribution in [0.2, 0.25) is 0 Å². The zero-order valence-corrected chi connectivity index (χ0v) is 11.6. The van der Waals surface area contributed by atoms with Crippen molar-refractivity contribution in [1.82, 2.24) is 0 Å². The van der Waals surface area contributed by atoms with Crippen molar-refractivity contribution in [3.8, 4) is 0 Å². The van der Waals surface area contributed by atoms with Crippen LogP contribution < -0.4 is 5.73 Å². The summed E-state index contributed by atoms with van der Waals surface area (Å²) in [5.41, 5.74) is 5.51. The molecule has 17 heavy (non-hydrogen) atoms. The lowest BCUT2D eigenvalue weighted by atomic mass is 10.1. The molecule has 0 aliphatic carbocycles. The molecular formula is C11H21ClN2O2S. The summed E-state index contributed by atoms with van der Waals surface area (Å²) in [7, 11) is 0. The molecule has 2 atom stereocenters. The van der Waals surface area contributed by atoms with E-state index in [4.69, 9.17) is 15.2 Å². The first-order valence-electron chi connectivity index (χ1n) is 5.81. The molecule has 4 nitrogen and oxygen atoms in total. The molecule has 0 aromatic carbocycles. The van der Waals surface area contributed by atoms with Gasteiger partial charge in [0.15, 0.2) is 0 Å². The molecule has 0 unspecified atom stereocenters. The quantitative estimate of drug-likeness (QED) is 0.588. The number of rotatable bonds is 1. The highest BCUT2D eigenvalue weighted by Crippen LogP contribution is 2.08. The van der Waals surface area contributed by atoms with Crippen molar-refractivity contribution in [2.24, 2.45) is 10.7 Å². The van der Waals surface area contributed by atoms with Gasteiger partial charge in [0.05, 0.1) is 24.4 Å². The second-order valence-electron chi connectivity index (χ2n) is 4.07. The van der Waals surface area contributed by atoms with Crippen molar-refractivity contribution < 1.29 is 9.47 Å². The number of nitrogens with zero attached hydrogens (tertiary/aromatic N) is 1. The maximum Gasteiger partial charge on any atom is 0.0836 e. The maximum atomic E-state index is 5.51. The van der Waals surface area contributed by atoms with Crippen LogP contribution in [-0.2, 0) is 9.47 Å². The van der Waals surface area contributed by atoms with Crippen LogP contribution >= 0.6 is 24.6 Å². The smallest absolute Gasteiger partial charge is 0.0836 e. The summed E-state index contributed by atoms with van der Waals surface area (Å²) in [5, 5.41) is 2.37. The summed E-state index contributed by atoms with van der Waals surface area (Å²) in [6.45, 7) is 3.28. The van der Waals surface area contributed by atoms with E-state index in [9.17, 15) is 0 Å². The Hall–Kier alpha value is -0.0300. The average Bonchev–Trinajstić information content (AvgIpc) is 2.33. The van der Waals surface area contributed by atoms with E-state index in [2.05, 4.69) is 22.4 Å². The lowest BCUT2D eigenvalue weighted by molar-refractivity contribution is 0.0822. The molecule has 6 heteroatoms. The summed E-state index contributed by atoms with van der Waals surface area (Å²) in [4.78, 5) is 3.92. The molecule has 2 saturated heterocycles. The third-order valence-corrected chi connectivity index (χ3v) is 2.67. The van der Waals surface area contributed by atoms with Crippen LogP contribution in [0.25, 0.3) is 0 Å². The van der Waals surface area contributed by atoms with Gasteiger partial charge in [-0.25, -0.2) is 4.99 Å². The molecule has 2 N–H and O–H groups in total. The van der Waals surface area contributed by atoms with Gasteiger partial charge in [0.1, 0.15) is 0 Å². The van der Waals surface area contributed by atoms with E-state index in [1.165, 1.54) is 0 Å². The monoisotopic (exact) mass is 280 g/mol. The molecule has 0 radical (unpaired) electrons. The molecule has 0 bridgehead atoms. The van der Waals surface area contributed by atoms with Crippen LogP contribution in [0.3, 0.4) is 0 Å². The molecule has 2 rings (SSSR count). The number of hydrogen-bond donors (Lipinski definition) is 1. The number of aliphatic imine (C=N–C) groups is 1. The number of halogens is 1. The molecule has 0 aromatic heterocycles. The van der Waals surface area contributed by atoms with Crippen molar-refractivity contribution in [2.45, 2.75) is 37.8 Å². The lowest BCUT2D eigenvalue weighted by Crippen LogP contribution is -2.30. The average molecular weight is 281 g/mol. The van der Waals surface area contributed by atoms with Gasteiger partial charge in [0, 0.05) is 19.3 Å². The molecule has 2 aliphatic heterocycles. The fourth-order valence-corrected chi connectivity index (χ4v) is 1.81. The van der Waals surface area contributed by atoms with E-state index in [0.29, 0.717) is 6.04 Å². The number of isothiocyanates is 1.